The number of aromatic nitrogens is 1. The van der Waals surface area contributed by atoms with Gasteiger partial charge in [0.1, 0.15) is 5.15 Å². The third-order valence-electron chi connectivity index (χ3n) is 2.66. The number of halogens is 1. The van der Waals surface area contributed by atoms with Gasteiger partial charge in [-0.2, -0.15) is 0 Å². The highest BCUT2D eigenvalue weighted by Gasteiger charge is 2.10. The van der Waals surface area contributed by atoms with E-state index >= 15 is 0 Å². The fourth-order valence-electron chi connectivity index (χ4n) is 1.74. The van der Waals surface area contributed by atoms with Gasteiger partial charge in [-0.25, -0.2) is 4.98 Å². The van der Waals surface area contributed by atoms with E-state index in [1.807, 2.05) is 19.1 Å². The lowest BCUT2D eigenvalue weighted by Crippen LogP contribution is -2.07. The minimum Gasteiger partial charge on any atom is -0.316 e. The Balaban J connectivity index is 2.09. The van der Waals surface area contributed by atoms with Gasteiger partial charge >= 0.3 is 0 Å². The van der Waals surface area contributed by atoms with Crippen molar-refractivity contribution in [3.8, 4) is 0 Å². The van der Waals surface area contributed by atoms with Crippen molar-refractivity contribution in [2.24, 2.45) is 5.92 Å². The smallest absolute Gasteiger partial charge is 0.136 e. The predicted molar refractivity (Wildman–Crippen MR) is 64.0 cm³/mol. The lowest BCUT2D eigenvalue weighted by atomic mass is 10.1. The minimum absolute atomic E-state index is 0.595. The van der Waals surface area contributed by atoms with Gasteiger partial charge in [0.05, 0.1) is 0 Å². The average molecular weight is 223 g/mol. The van der Waals surface area contributed by atoms with Crippen LogP contribution in [0.2, 0.25) is 5.15 Å². The largest absolute Gasteiger partial charge is 0.316 e. The molecule has 0 amide bonds. The third kappa shape index (κ3) is 2.80. The zero-order valence-corrected chi connectivity index (χ0v) is 9.59. The summed E-state index contributed by atoms with van der Waals surface area (Å²) < 4.78 is 0. The zero-order chi connectivity index (χ0) is 10.7. The lowest BCUT2D eigenvalue weighted by molar-refractivity contribution is 0.731. The van der Waals surface area contributed by atoms with Gasteiger partial charge in [-0.1, -0.05) is 29.8 Å². The van der Waals surface area contributed by atoms with E-state index in [0.717, 1.165) is 24.3 Å². The van der Waals surface area contributed by atoms with Crippen molar-refractivity contribution >= 4 is 17.7 Å². The molecule has 1 fully saturated rings. The van der Waals surface area contributed by atoms with Crippen LogP contribution in [-0.4, -0.2) is 18.1 Å². The summed E-state index contributed by atoms with van der Waals surface area (Å²) in [5.41, 5.74) is 1.97. The molecule has 15 heavy (non-hydrogen) atoms. The first-order valence-electron chi connectivity index (χ1n) is 5.28. The van der Waals surface area contributed by atoms with Gasteiger partial charge in [-0.05, 0) is 31.9 Å². The van der Waals surface area contributed by atoms with E-state index < -0.39 is 0 Å². The topological polar surface area (TPSA) is 24.9 Å². The highest BCUT2D eigenvalue weighted by atomic mass is 35.5. The summed E-state index contributed by atoms with van der Waals surface area (Å²) >= 11 is 6.04. The summed E-state index contributed by atoms with van der Waals surface area (Å²) in [6.45, 7) is 4.14. The van der Waals surface area contributed by atoms with Gasteiger partial charge in [-0.15, -0.1) is 0 Å². The molecule has 0 spiro atoms. The van der Waals surface area contributed by atoms with Gasteiger partial charge in [0.15, 0.2) is 0 Å². The molecular weight excluding hydrogens is 208 g/mol. The molecule has 2 heterocycles. The van der Waals surface area contributed by atoms with Crippen LogP contribution in [0, 0.1) is 12.8 Å². The Morgan fingerprint density at radius 3 is 3.07 bits per heavy atom. The molecule has 0 aliphatic carbocycles. The Hall–Kier alpha value is -0.860. The van der Waals surface area contributed by atoms with Crippen LogP contribution in [0.3, 0.4) is 0 Å². The van der Waals surface area contributed by atoms with Crippen molar-refractivity contribution in [2.45, 2.75) is 13.3 Å². The van der Waals surface area contributed by atoms with Crippen LogP contribution >= 0.6 is 11.6 Å². The van der Waals surface area contributed by atoms with Crippen LogP contribution in [0.15, 0.2) is 18.2 Å². The number of hydrogen-bond acceptors (Lipinski definition) is 2. The molecular formula is C12H15ClN2. The van der Waals surface area contributed by atoms with Crippen LogP contribution in [-0.2, 0) is 0 Å². The second-order valence-corrected chi connectivity index (χ2v) is 4.30. The molecule has 1 aliphatic heterocycles. The Morgan fingerprint density at radius 2 is 2.40 bits per heavy atom. The van der Waals surface area contributed by atoms with E-state index in [1.54, 1.807) is 0 Å². The maximum atomic E-state index is 6.04. The highest BCUT2D eigenvalue weighted by Crippen LogP contribution is 2.17. The Kier molecular flexibility index (Phi) is 3.39. The quantitative estimate of drug-likeness (QED) is 0.779. The number of aryl methyl sites for hydroxylation is 1. The molecule has 1 aromatic rings. The van der Waals surface area contributed by atoms with Gasteiger partial charge in [0.25, 0.3) is 0 Å². The monoisotopic (exact) mass is 222 g/mol. The predicted octanol–water partition coefficient (Wildman–Crippen LogP) is 2.67. The van der Waals surface area contributed by atoms with Crippen LogP contribution < -0.4 is 5.32 Å². The standard InChI is InChI=1S/C12H15ClN2/c1-9-2-4-11(12(13)15-9)5-3-10-6-7-14-8-10/h2-5,10,14H,6-8H2,1H3/b5-3-. The van der Waals surface area contributed by atoms with Crippen molar-refractivity contribution in [3.63, 3.8) is 0 Å². The van der Waals surface area contributed by atoms with Gasteiger partial charge in [0, 0.05) is 17.8 Å². The van der Waals surface area contributed by atoms with Crippen LogP contribution in [0.4, 0.5) is 0 Å². The molecule has 2 nitrogen and oxygen atoms in total. The summed E-state index contributed by atoms with van der Waals surface area (Å²) in [5.74, 6) is 0.641. The first kappa shape index (κ1) is 10.7. The summed E-state index contributed by atoms with van der Waals surface area (Å²) in [4.78, 5) is 4.22. The van der Waals surface area contributed by atoms with Crippen molar-refractivity contribution < 1.29 is 0 Å². The van der Waals surface area contributed by atoms with E-state index in [0.29, 0.717) is 11.1 Å². The molecule has 0 bridgehead atoms. The van der Waals surface area contributed by atoms with Crippen molar-refractivity contribution in [2.75, 3.05) is 13.1 Å². The Morgan fingerprint density at radius 1 is 1.53 bits per heavy atom. The lowest BCUT2D eigenvalue weighted by Gasteiger charge is -2.01. The van der Waals surface area contributed by atoms with E-state index in [1.165, 1.54) is 6.42 Å². The molecule has 1 aliphatic rings. The summed E-state index contributed by atoms with van der Waals surface area (Å²) in [6.07, 6.45) is 5.51. The molecule has 1 unspecified atom stereocenters. The van der Waals surface area contributed by atoms with Gasteiger partial charge in [0.2, 0.25) is 0 Å². The second kappa shape index (κ2) is 4.77. The molecule has 1 aromatic heterocycles. The van der Waals surface area contributed by atoms with Crippen molar-refractivity contribution in [3.05, 3.63) is 34.6 Å². The van der Waals surface area contributed by atoms with Crippen LogP contribution in [0.25, 0.3) is 6.08 Å². The molecule has 0 aromatic carbocycles. The van der Waals surface area contributed by atoms with Gasteiger partial charge < -0.3 is 5.32 Å². The Labute approximate surface area is 95.4 Å². The molecule has 0 radical (unpaired) electrons. The highest BCUT2D eigenvalue weighted by molar-refractivity contribution is 6.30. The van der Waals surface area contributed by atoms with E-state index in [-0.39, 0.29) is 0 Å². The fraction of sp³-hybridized carbons (Fsp3) is 0.417. The van der Waals surface area contributed by atoms with E-state index in [2.05, 4.69) is 22.5 Å². The molecule has 0 saturated carbocycles. The molecule has 1 N–H and O–H groups in total. The van der Waals surface area contributed by atoms with E-state index in [9.17, 15) is 0 Å². The first-order valence-corrected chi connectivity index (χ1v) is 5.65. The van der Waals surface area contributed by atoms with Crippen molar-refractivity contribution in [1.82, 2.24) is 10.3 Å². The summed E-state index contributed by atoms with van der Waals surface area (Å²) in [5, 5.41) is 3.93. The molecule has 80 valence electrons. The van der Waals surface area contributed by atoms with Crippen LogP contribution in [0.1, 0.15) is 17.7 Å². The zero-order valence-electron chi connectivity index (χ0n) is 8.83. The maximum Gasteiger partial charge on any atom is 0.136 e. The summed E-state index contributed by atoms with van der Waals surface area (Å²) in [6, 6.07) is 4.00. The third-order valence-corrected chi connectivity index (χ3v) is 2.97. The number of nitrogens with zero attached hydrogens (tertiary/aromatic N) is 1. The number of hydrogen-bond donors (Lipinski definition) is 1. The summed E-state index contributed by atoms with van der Waals surface area (Å²) in [7, 11) is 0. The fourth-order valence-corrected chi connectivity index (χ4v) is 2.00. The SMILES string of the molecule is Cc1ccc(/C=C\C2CCNC2)c(Cl)n1. The minimum atomic E-state index is 0.595. The first-order chi connectivity index (χ1) is 7.25. The van der Waals surface area contributed by atoms with Gasteiger partial charge in [-0.3, -0.25) is 0 Å². The molecule has 1 atom stereocenters. The Bertz CT molecular complexity index is 368. The molecule has 2 rings (SSSR count). The normalized spacial score (nSPS) is 21.3. The molecule has 3 heteroatoms. The van der Waals surface area contributed by atoms with E-state index in [4.69, 9.17) is 11.6 Å². The second-order valence-electron chi connectivity index (χ2n) is 3.94. The maximum absolute atomic E-state index is 6.04. The number of nitrogens with one attached hydrogen (secondary N) is 1. The number of pyridine rings is 1. The average Bonchev–Trinajstić information content (AvgIpc) is 2.69. The van der Waals surface area contributed by atoms with Crippen LogP contribution in [0.5, 0.6) is 0 Å². The number of rotatable bonds is 2. The van der Waals surface area contributed by atoms with Crippen molar-refractivity contribution in [1.29, 1.82) is 0 Å². The molecule has 1 saturated heterocycles.